The Morgan fingerprint density at radius 1 is 1.41 bits per heavy atom. The molecule has 0 aliphatic rings. The van der Waals surface area contributed by atoms with Gasteiger partial charge in [-0.25, -0.2) is 4.79 Å². The first-order valence-electron chi connectivity index (χ1n) is 4.56. The fourth-order valence-electron chi connectivity index (χ4n) is 1.05. The molecule has 0 N–H and O–H groups in total. The number of halogens is 4. The van der Waals surface area contributed by atoms with Gasteiger partial charge in [-0.15, -0.1) is 13.2 Å². The van der Waals surface area contributed by atoms with Crippen LogP contribution < -0.4 is 4.74 Å². The average molecular weight is 360 g/mol. The number of benzene rings is 1. The number of hydrogen-bond donors (Lipinski definition) is 0. The van der Waals surface area contributed by atoms with E-state index in [1.165, 1.54) is 12.1 Å². The van der Waals surface area contributed by atoms with Crippen LogP contribution in [0.3, 0.4) is 0 Å². The lowest BCUT2D eigenvalue weighted by atomic mass is 10.2. The van der Waals surface area contributed by atoms with Gasteiger partial charge in [-0.05, 0) is 47.7 Å². The number of esters is 1. The Balaban J connectivity index is 2.90. The Hall–Kier alpha value is -0.990. The van der Waals surface area contributed by atoms with Gasteiger partial charge in [-0.1, -0.05) is 0 Å². The molecule has 0 amide bonds. The number of ether oxygens (including phenoxy) is 2. The zero-order chi connectivity index (χ0) is 13.1. The summed E-state index contributed by atoms with van der Waals surface area (Å²) in [6.45, 7) is 1.85. The smallest absolute Gasteiger partial charge is 0.462 e. The van der Waals surface area contributed by atoms with Crippen LogP contribution in [0.15, 0.2) is 18.2 Å². The van der Waals surface area contributed by atoms with Crippen LogP contribution in [0.5, 0.6) is 5.75 Å². The summed E-state index contributed by atoms with van der Waals surface area (Å²) in [5.74, 6) is -0.921. The maximum Gasteiger partial charge on any atom is 0.573 e. The van der Waals surface area contributed by atoms with Gasteiger partial charge in [0.2, 0.25) is 0 Å². The first-order chi connectivity index (χ1) is 7.83. The minimum atomic E-state index is -4.74. The zero-order valence-corrected chi connectivity index (χ0v) is 10.8. The third kappa shape index (κ3) is 4.41. The van der Waals surface area contributed by atoms with Crippen molar-refractivity contribution in [2.75, 3.05) is 6.61 Å². The van der Waals surface area contributed by atoms with E-state index in [9.17, 15) is 18.0 Å². The summed E-state index contributed by atoms with van der Waals surface area (Å²) in [6, 6.07) is 3.59. The highest BCUT2D eigenvalue weighted by molar-refractivity contribution is 14.1. The second-order valence-electron chi connectivity index (χ2n) is 2.91. The van der Waals surface area contributed by atoms with Crippen LogP contribution in [0.2, 0.25) is 0 Å². The lowest BCUT2D eigenvalue weighted by molar-refractivity contribution is -0.274. The van der Waals surface area contributed by atoms with Crippen molar-refractivity contribution in [2.24, 2.45) is 0 Å². The van der Waals surface area contributed by atoms with Gasteiger partial charge in [0.1, 0.15) is 5.75 Å². The Labute approximate surface area is 109 Å². The Morgan fingerprint density at radius 2 is 2.06 bits per heavy atom. The van der Waals surface area contributed by atoms with Gasteiger partial charge in [0, 0.05) is 0 Å². The van der Waals surface area contributed by atoms with Crippen molar-refractivity contribution in [2.45, 2.75) is 13.3 Å². The standard InChI is InChI=1S/C10H8F3IO3/c1-2-16-9(15)6-3-4-8(7(14)5-6)17-10(11,12)13/h3-5H,2H2,1H3. The molecule has 0 radical (unpaired) electrons. The highest BCUT2D eigenvalue weighted by Gasteiger charge is 2.32. The van der Waals surface area contributed by atoms with Gasteiger partial charge in [-0.2, -0.15) is 0 Å². The highest BCUT2D eigenvalue weighted by atomic mass is 127. The van der Waals surface area contributed by atoms with Crippen LogP contribution in [-0.2, 0) is 4.74 Å². The van der Waals surface area contributed by atoms with Gasteiger partial charge >= 0.3 is 12.3 Å². The van der Waals surface area contributed by atoms with Crippen molar-refractivity contribution in [1.29, 1.82) is 0 Å². The summed E-state index contributed by atoms with van der Waals surface area (Å²) in [5.41, 5.74) is 0.186. The van der Waals surface area contributed by atoms with Gasteiger partial charge < -0.3 is 9.47 Å². The molecule has 0 spiro atoms. The van der Waals surface area contributed by atoms with E-state index >= 15 is 0 Å². The summed E-state index contributed by atoms with van der Waals surface area (Å²) >= 11 is 1.65. The third-order valence-electron chi connectivity index (χ3n) is 1.67. The summed E-state index contributed by atoms with van der Waals surface area (Å²) in [7, 11) is 0. The van der Waals surface area contributed by atoms with Gasteiger partial charge in [0.25, 0.3) is 0 Å². The number of hydrogen-bond acceptors (Lipinski definition) is 3. The number of carbonyl (C=O) groups is 1. The first kappa shape index (κ1) is 14.1. The molecular weight excluding hydrogens is 352 g/mol. The van der Waals surface area contributed by atoms with Crippen LogP contribution in [-0.4, -0.2) is 18.9 Å². The molecule has 1 rings (SSSR count). The average Bonchev–Trinajstić information content (AvgIpc) is 2.19. The maximum absolute atomic E-state index is 12.0. The number of rotatable bonds is 3. The molecule has 94 valence electrons. The summed E-state index contributed by atoms with van der Waals surface area (Å²) in [6.07, 6.45) is -4.74. The fourth-order valence-corrected chi connectivity index (χ4v) is 1.68. The molecule has 0 aliphatic carbocycles. The van der Waals surface area contributed by atoms with E-state index in [4.69, 9.17) is 4.74 Å². The largest absolute Gasteiger partial charge is 0.573 e. The van der Waals surface area contributed by atoms with Gasteiger partial charge in [-0.3, -0.25) is 0 Å². The monoisotopic (exact) mass is 360 g/mol. The minimum absolute atomic E-state index is 0.186. The summed E-state index contributed by atoms with van der Waals surface area (Å²) in [5, 5.41) is 0. The van der Waals surface area contributed by atoms with E-state index < -0.39 is 12.3 Å². The molecule has 0 heterocycles. The Morgan fingerprint density at radius 3 is 2.53 bits per heavy atom. The quantitative estimate of drug-likeness (QED) is 0.613. The molecule has 0 saturated carbocycles. The van der Waals surface area contributed by atoms with Crippen molar-refractivity contribution >= 4 is 28.6 Å². The molecule has 7 heteroatoms. The van der Waals surface area contributed by atoms with Crippen molar-refractivity contribution in [3.63, 3.8) is 0 Å². The molecule has 1 aromatic rings. The van der Waals surface area contributed by atoms with Crippen LogP contribution in [0, 0.1) is 3.57 Å². The number of carbonyl (C=O) groups excluding carboxylic acids is 1. The van der Waals surface area contributed by atoms with Crippen LogP contribution in [0.25, 0.3) is 0 Å². The first-order valence-corrected chi connectivity index (χ1v) is 5.63. The number of alkyl halides is 3. The van der Waals surface area contributed by atoms with E-state index in [0.717, 1.165) is 6.07 Å². The lowest BCUT2D eigenvalue weighted by Crippen LogP contribution is -2.18. The molecule has 0 atom stereocenters. The Bertz CT molecular complexity index is 418. The molecule has 1 aromatic carbocycles. The van der Waals surface area contributed by atoms with Gasteiger partial charge in [0.05, 0.1) is 15.7 Å². The molecular formula is C10H8F3IO3. The molecule has 0 bridgehead atoms. The van der Waals surface area contributed by atoms with E-state index in [2.05, 4.69) is 4.74 Å². The van der Waals surface area contributed by atoms with Crippen LogP contribution in [0.1, 0.15) is 17.3 Å². The zero-order valence-electron chi connectivity index (χ0n) is 8.68. The van der Waals surface area contributed by atoms with E-state index in [-0.39, 0.29) is 21.5 Å². The molecule has 0 aliphatic heterocycles. The van der Waals surface area contributed by atoms with E-state index in [0.29, 0.717) is 0 Å². The molecule has 0 aromatic heterocycles. The Kier molecular flexibility index (Phi) is 4.61. The normalized spacial score (nSPS) is 11.1. The minimum Gasteiger partial charge on any atom is -0.462 e. The molecule has 0 saturated heterocycles. The van der Waals surface area contributed by atoms with E-state index in [1.807, 2.05) is 0 Å². The fraction of sp³-hybridized carbons (Fsp3) is 0.300. The third-order valence-corrected chi connectivity index (χ3v) is 2.51. The maximum atomic E-state index is 12.0. The SMILES string of the molecule is CCOC(=O)c1ccc(OC(F)(F)F)c(I)c1. The predicted octanol–water partition coefficient (Wildman–Crippen LogP) is 3.37. The van der Waals surface area contributed by atoms with E-state index in [1.54, 1.807) is 29.5 Å². The summed E-state index contributed by atoms with van der Waals surface area (Å²) in [4.78, 5) is 11.3. The van der Waals surface area contributed by atoms with Crippen molar-refractivity contribution in [3.8, 4) is 5.75 Å². The predicted molar refractivity (Wildman–Crippen MR) is 61.8 cm³/mol. The molecule has 17 heavy (non-hydrogen) atoms. The van der Waals surface area contributed by atoms with Crippen molar-refractivity contribution in [1.82, 2.24) is 0 Å². The van der Waals surface area contributed by atoms with Crippen LogP contribution in [0.4, 0.5) is 13.2 Å². The second kappa shape index (κ2) is 5.56. The lowest BCUT2D eigenvalue weighted by Gasteiger charge is -2.11. The molecule has 0 fully saturated rings. The molecule has 3 nitrogen and oxygen atoms in total. The topological polar surface area (TPSA) is 35.5 Å². The van der Waals surface area contributed by atoms with Crippen LogP contribution >= 0.6 is 22.6 Å². The van der Waals surface area contributed by atoms with Crippen molar-refractivity contribution in [3.05, 3.63) is 27.3 Å². The second-order valence-corrected chi connectivity index (χ2v) is 4.08. The highest BCUT2D eigenvalue weighted by Crippen LogP contribution is 2.28. The van der Waals surface area contributed by atoms with Gasteiger partial charge in [0.15, 0.2) is 0 Å². The summed E-state index contributed by atoms with van der Waals surface area (Å²) < 4.78 is 44.6. The molecule has 0 unspecified atom stereocenters. The van der Waals surface area contributed by atoms with Crippen molar-refractivity contribution < 1.29 is 27.4 Å².